The van der Waals surface area contributed by atoms with Crippen LogP contribution < -0.4 is 5.32 Å². The Balaban J connectivity index is 1.75. The summed E-state index contributed by atoms with van der Waals surface area (Å²) < 4.78 is 15.9. The van der Waals surface area contributed by atoms with Gasteiger partial charge in [0.1, 0.15) is 5.82 Å². The Morgan fingerprint density at radius 3 is 2.62 bits per heavy atom. The minimum Gasteiger partial charge on any atom is -0.304 e. The Morgan fingerprint density at radius 2 is 1.92 bits per heavy atom. The van der Waals surface area contributed by atoms with Crippen molar-refractivity contribution in [3.8, 4) is 0 Å². The van der Waals surface area contributed by atoms with Gasteiger partial charge < -0.3 is 5.32 Å². The van der Waals surface area contributed by atoms with Gasteiger partial charge in [0, 0.05) is 17.3 Å². The van der Waals surface area contributed by atoms with E-state index in [4.69, 9.17) is 0 Å². The van der Waals surface area contributed by atoms with Gasteiger partial charge in [-0.05, 0) is 41.1 Å². The second-order valence-electron chi connectivity index (χ2n) is 5.43. The molecule has 3 rings (SSSR count). The fourth-order valence-corrected chi connectivity index (χ4v) is 2.66. The van der Waals surface area contributed by atoms with Crippen LogP contribution in [0, 0.1) is 12.7 Å². The van der Waals surface area contributed by atoms with Crippen LogP contribution in [0.4, 0.5) is 10.2 Å². The van der Waals surface area contributed by atoms with Gasteiger partial charge in [-0.15, -0.1) is 0 Å². The number of anilines is 1. The number of aryl methyl sites for hydroxylation is 1. The molecule has 0 radical (unpaired) electrons. The minimum atomic E-state index is -0.283. The van der Waals surface area contributed by atoms with Crippen LogP contribution in [0.3, 0.4) is 0 Å². The number of amides is 1. The topological polar surface area (TPSA) is 46.9 Å². The average Bonchev–Trinajstić information content (AvgIpc) is 2.90. The molecular weight excluding hydrogens is 373 g/mol. The largest absolute Gasteiger partial charge is 0.304 e. The van der Waals surface area contributed by atoms with Crippen LogP contribution in [0.5, 0.6) is 0 Å². The summed E-state index contributed by atoms with van der Waals surface area (Å²) in [6.07, 6.45) is 1.71. The van der Waals surface area contributed by atoms with Crippen LogP contribution in [-0.4, -0.2) is 15.7 Å². The Labute approximate surface area is 147 Å². The fourth-order valence-electron chi connectivity index (χ4n) is 2.25. The third kappa shape index (κ3) is 3.71. The molecule has 122 valence electrons. The fraction of sp³-hybridized carbons (Fsp3) is 0.111. The highest BCUT2D eigenvalue weighted by Gasteiger charge is 2.13. The van der Waals surface area contributed by atoms with Gasteiger partial charge in [-0.1, -0.05) is 35.9 Å². The molecule has 0 saturated heterocycles. The molecule has 0 unspecified atom stereocenters. The first-order valence-electron chi connectivity index (χ1n) is 7.37. The van der Waals surface area contributed by atoms with Crippen LogP contribution in [0.15, 0.2) is 59.2 Å². The maximum Gasteiger partial charge on any atom is 0.256 e. The molecule has 0 atom stereocenters. The summed E-state index contributed by atoms with van der Waals surface area (Å²) >= 11 is 3.37. The van der Waals surface area contributed by atoms with Gasteiger partial charge in [0.2, 0.25) is 0 Å². The summed E-state index contributed by atoms with van der Waals surface area (Å²) in [6, 6.07) is 13.8. The van der Waals surface area contributed by atoms with E-state index in [1.54, 1.807) is 41.2 Å². The van der Waals surface area contributed by atoms with E-state index in [0.717, 1.165) is 5.56 Å². The lowest BCUT2D eigenvalue weighted by atomic mass is 10.1. The first-order valence-corrected chi connectivity index (χ1v) is 8.16. The van der Waals surface area contributed by atoms with Crippen molar-refractivity contribution in [2.45, 2.75) is 13.5 Å². The highest BCUT2D eigenvalue weighted by molar-refractivity contribution is 9.10. The molecule has 0 aliphatic carbocycles. The Hall–Kier alpha value is -2.47. The first-order chi connectivity index (χ1) is 11.5. The molecular formula is C18H15BrFN3O. The van der Waals surface area contributed by atoms with Gasteiger partial charge in [0.25, 0.3) is 5.91 Å². The highest BCUT2D eigenvalue weighted by atomic mass is 79.9. The number of hydrogen-bond donors (Lipinski definition) is 1. The number of carbonyl (C=O) groups excluding carboxylic acids is 1. The number of nitrogens with one attached hydrogen (secondary N) is 1. The van der Waals surface area contributed by atoms with Crippen molar-refractivity contribution >= 4 is 27.7 Å². The standard InChI is InChI=1S/C18H15BrFN3O/c1-12-6-8-13(9-7-12)18(24)21-17-15(19)11-23(22-17)10-14-4-2-3-5-16(14)20/h2-9,11H,10H2,1H3,(H,21,22,24). The predicted octanol–water partition coefficient (Wildman–Crippen LogP) is 4.39. The normalized spacial score (nSPS) is 10.6. The first kappa shape index (κ1) is 16.4. The van der Waals surface area contributed by atoms with E-state index in [-0.39, 0.29) is 18.3 Å². The van der Waals surface area contributed by atoms with Crippen LogP contribution >= 0.6 is 15.9 Å². The maximum atomic E-state index is 13.7. The van der Waals surface area contributed by atoms with Crippen molar-refractivity contribution in [1.29, 1.82) is 0 Å². The average molecular weight is 388 g/mol. The zero-order valence-corrected chi connectivity index (χ0v) is 14.5. The van der Waals surface area contributed by atoms with Crippen molar-refractivity contribution in [3.05, 3.63) is 81.7 Å². The summed E-state index contributed by atoms with van der Waals surface area (Å²) in [7, 11) is 0. The predicted molar refractivity (Wildman–Crippen MR) is 94.6 cm³/mol. The van der Waals surface area contributed by atoms with Crippen molar-refractivity contribution in [2.24, 2.45) is 0 Å². The molecule has 6 heteroatoms. The molecule has 24 heavy (non-hydrogen) atoms. The Morgan fingerprint density at radius 1 is 1.21 bits per heavy atom. The number of nitrogens with zero attached hydrogens (tertiary/aromatic N) is 2. The molecule has 1 amide bonds. The number of aromatic nitrogens is 2. The summed E-state index contributed by atoms with van der Waals surface area (Å²) in [6.45, 7) is 2.24. The summed E-state index contributed by atoms with van der Waals surface area (Å²) in [5.74, 6) is -0.127. The molecule has 0 aliphatic rings. The molecule has 0 aliphatic heterocycles. The van der Waals surface area contributed by atoms with Gasteiger partial charge in [0.15, 0.2) is 5.82 Å². The van der Waals surface area contributed by atoms with E-state index in [1.165, 1.54) is 6.07 Å². The van der Waals surface area contributed by atoms with E-state index < -0.39 is 0 Å². The summed E-state index contributed by atoms with van der Waals surface area (Å²) in [5.41, 5.74) is 2.17. The molecule has 0 spiro atoms. The number of benzene rings is 2. The van der Waals surface area contributed by atoms with E-state index >= 15 is 0 Å². The summed E-state index contributed by atoms with van der Waals surface area (Å²) in [4.78, 5) is 12.3. The zero-order valence-electron chi connectivity index (χ0n) is 13.0. The van der Waals surface area contributed by atoms with Crippen LogP contribution in [0.2, 0.25) is 0 Å². The molecule has 1 aromatic heterocycles. The second kappa shape index (κ2) is 6.97. The molecule has 0 fully saturated rings. The summed E-state index contributed by atoms with van der Waals surface area (Å²) in [5, 5.41) is 7.06. The van der Waals surface area contributed by atoms with E-state index in [0.29, 0.717) is 21.4 Å². The zero-order chi connectivity index (χ0) is 17.1. The van der Waals surface area contributed by atoms with Crippen molar-refractivity contribution in [3.63, 3.8) is 0 Å². The smallest absolute Gasteiger partial charge is 0.256 e. The van der Waals surface area contributed by atoms with Gasteiger partial charge in [-0.2, -0.15) is 5.10 Å². The van der Waals surface area contributed by atoms with Crippen LogP contribution in [0.25, 0.3) is 0 Å². The lowest BCUT2D eigenvalue weighted by molar-refractivity contribution is 0.102. The van der Waals surface area contributed by atoms with Crippen LogP contribution in [0.1, 0.15) is 21.5 Å². The lowest BCUT2D eigenvalue weighted by Crippen LogP contribution is -2.13. The van der Waals surface area contributed by atoms with Crippen molar-refractivity contribution in [2.75, 3.05) is 5.32 Å². The lowest BCUT2D eigenvalue weighted by Gasteiger charge is -2.04. The van der Waals surface area contributed by atoms with Gasteiger partial charge in [-0.3, -0.25) is 9.48 Å². The SMILES string of the molecule is Cc1ccc(C(=O)Nc2nn(Cc3ccccc3F)cc2Br)cc1. The number of carbonyl (C=O) groups is 1. The number of halogens is 2. The third-order valence-electron chi connectivity index (χ3n) is 3.55. The van der Waals surface area contributed by atoms with Crippen molar-refractivity contribution in [1.82, 2.24) is 9.78 Å². The van der Waals surface area contributed by atoms with Crippen LogP contribution in [-0.2, 0) is 6.54 Å². The third-order valence-corrected chi connectivity index (χ3v) is 4.13. The van der Waals surface area contributed by atoms with Crippen molar-refractivity contribution < 1.29 is 9.18 Å². The minimum absolute atomic E-state index is 0.244. The number of hydrogen-bond acceptors (Lipinski definition) is 2. The molecule has 0 bridgehead atoms. The molecule has 1 heterocycles. The van der Waals surface area contributed by atoms with E-state index in [2.05, 4.69) is 26.3 Å². The van der Waals surface area contributed by atoms with E-state index in [1.807, 2.05) is 19.1 Å². The molecule has 3 aromatic rings. The molecule has 0 saturated carbocycles. The van der Waals surface area contributed by atoms with Gasteiger partial charge >= 0.3 is 0 Å². The second-order valence-corrected chi connectivity index (χ2v) is 6.29. The monoisotopic (exact) mass is 387 g/mol. The molecule has 1 N–H and O–H groups in total. The maximum absolute atomic E-state index is 13.7. The Kier molecular flexibility index (Phi) is 4.76. The quantitative estimate of drug-likeness (QED) is 0.721. The van der Waals surface area contributed by atoms with Gasteiger partial charge in [0.05, 0.1) is 11.0 Å². The van der Waals surface area contributed by atoms with Gasteiger partial charge in [-0.25, -0.2) is 4.39 Å². The molecule has 4 nitrogen and oxygen atoms in total. The number of rotatable bonds is 4. The highest BCUT2D eigenvalue weighted by Crippen LogP contribution is 2.22. The molecule has 2 aromatic carbocycles. The Bertz CT molecular complexity index is 874. The van der Waals surface area contributed by atoms with E-state index in [9.17, 15) is 9.18 Å².